The molecule has 2 heterocycles. The van der Waals surface area contributed by atoms with Crippen molar-refractivity contribution in [3.8, 4) is 5.75 Å². The van der Waals surface area contributed by atoms with Gasteiger partial charge in [-0.1, -0.05) is 39.0 Å². The zero-order valence-corrected chi connectivity index (χ0v) is 20.0. The number of ether oxygens (including phenoxy) is 1. The highest BCUT2D eigenvalue weighted by molar-refractivity contribution is 7.18. The van der Waals surface area contributed by atoms with Gasteiger partial charge in [-0.2, -0.15) is 0 Å². The lowest BCUT2D eigenvalue weighted by atomic mass is 9.72. The van der Waals surface area contributed by atoms with Gasteiger partial charge < -0.3 is 15.0 Å². The number of methoxy groups -OCH3 is 1. The molecule has 7 heteroatoms. The summed E-state index contributed by atoms with van der Waals surface area (Å²) in [4.78, 5) is 34.9. The Morgan fingerprint density at radius 2 is 2.09 bits per heavy atom. The van der Waals surface area contributed by atoms with Gasteiger partial charge >= 0.3 is 0 Å². The van der Waals surface area contributed by atoms with Crippen LogP contribution in [0.2, 0.25) is 0 Å². The molecule has 6 nitrogen and oxygen atoms in total. The van der Waals surface area contributed by atoms with Crippen LogP contribution in [0.1, 0.15) is 55.4 Å². The number of aryl methyl sites for hydroxylation is 2. The van der Waals surface area contributed by atoms with Crippen LogP contribution in [0.3, 0.4) is 0 Å². The van der Waals surface area contributed by atoms with Crippen LogP contribution >= 0.6 is 11.3 Å². The fourth-order valence-corrected chi connectivity index (χ4v) is 5.77. The van der Waals surface area contributed by atoms with E-state index in [4.69, 9.17) is 9.72 Å². The van der Waals surface area contributed by atoms with Crippen molar-refractivity contribution in [2.75, 3.05) is 7.11 Å². The minimum Gasteiger partial charge on any atom is -0.496 e. The second-order valence-electron chi connectivity index (χ2n) is 9.59. The lowest BCUT2D eigenvalue weighted by Gasteiger charge is -2.33. The smallest absolute Gasteiger partial charge is 0.259 e. The Bertz CT molecular complexity index is 1190. The number of rotatable bonds is 6. The van der Waals surface area contributed by atoms with E-state index in [0.29, 0.717) is 24.7 Å². The van der Waals surface area contributed by atoms with Gasteiger partial charge in [-0.05, 0) is 42.2 Å². The molecule has 0 aliphatic heterocycles. The molecule has 4 rings (SSSR count). The second kappa shape index (κ2) is 9.06. The largest absolute Gasteiger partial charge is 0.496 e. The summed E-state index contributed by atoms with van der Waals surface area (Å²) in [5.74, 6) is 1.85. The number of para-hydroxylation sites is 1. The average molecular weight is 454 g/mol. The second-order valence-corrected chi connectivity index (χ2v) is 10.7. The summed E-state index contributed by atoms with van der Waals surface area (Å²) >= 11 is 1.65. The maximum atomic E-state index is 12.8. The predicted molar refractivity (Wildman–Crippen MR) is 128 cm³/mol. The van der Waals surface area contributed by atoms with Crippen LogP contribution < -0.4 is 15.6 Å². The molecule has 170 valence electrons. The number of benzene rings is 1. The number of thiophene rings is 1. The Balaban J connectivity index is 1.43. The molecule has 1 amide bonds. The van der Waals surface area contributed by atoms with Crippen LogP contribution in [0.4, 0.5) is 0 Å². The fourth-order valence-electron chi connectivity index (χ4n) is 4.45. The topological polar surface area (TPSA) is 84.1 Å². The van der Waals surface area contributed by atoms with Gasteiger partial charge in [0, 0.05) is 29.8 Å². The van der Waals surface area contributed by atoms with E-state index in [-0.39, 0.29) is 23.3 Å². The predicted octanol–water partition coefficient (Wildman–Crippen LogP) is 4.39. The summed E-state index contributed by atoms with van der Waals surface area (Å²) in [5.41, 5.74) is 2.29. The van der Waals surface area contributed by atoms with Crippen LogP contribution in [0.25, 0.3) is 10.2 Å². The maximum absolute atomic E-state index is 12.8. The number of carbonyl (C=O) groups is 1. The highest BCUT2D eigenvalue weighted by Crippen LogP contribution is 2.41. The van der Waals surface area contributed by atoms with E-state index in [9.17, 15) is 9.59 Å². The monoisotopic (exact) mass is 453 g/mol. The standard InChI is InChI=1S/C25H31N3O3S/c1-25(2,3)16-9-10-17-19(13-16)32-24-22(17)23(30)27-20(28-24)11-12-21(29)26-14-15-7-5-6-8-18(15)31-4/h5-8,16H,9-14H2,1-4H3,(H,26,29)(H,27,28,30)/t16-/m0/s1. The highest BCUT2D eigenvalue weighted by atomic mass is 32.1. The van der Waals surface area contributed by atoms with Gasteiger partial charge in [-0.3, -0.25) is 9.59 Å². The van der Waals surface area contributed by atoms with Crippen molar-refractivity contribution in [2.24, 2.45) is 11.3 Å². The Labute approximate surface area is 192 Å². The maximum Gasteiger partial charge on any atom is 0.259 e. The number of aromatic amines is 1. The lowest BCUT2D eigenvalue weighted by Crippen LogP contribution is -2.26. The van der Waals surface area contributed by atoms with Crippen LogP contribution in [0, 0.1) is 11.3 Å². The molecule has 1 aromatic carbocycles. The summed E-state index contributed by atoms with van der Waals surface area (Å²) in [6.45, 7) is 7.27. The molecule has 1 aliphatic carbocycles. The zero-order chi connectivity index (χ0) is 22.9. The number of carbonyl (C=O) groups excluding carboxylic acids is 1. The molecule has 3 aromatic rings. The number of hydrogen-bond acceptors (Lipinski definition) is 5. The van der Waals surface area contributed by atoms with Gasteiger partial charge in [-0.25, -0.2) is 4.98 Å². The minimum absolute atomic E-state index is 0.0776. The first-order valence-electron chi connectivity index (χ1n) is 11.2. The van der Waals surface area contributed by atoms with Crippen molar-refractivity contribution in [1.29, 1.82) is 0 Å². The molecule has 32 heavy (non-hydrogen) atoms. The van der Waals surface area contributed by atoms with E-state index >= 15 is 0 Å². The first-order chi connectivity index (χ1) is 15.3. The minimum atomic E-state index is -0.0860. The fraction of sp³-hybridized carbons (Fsp3) is 0.480. The third-order valence-corrected chi connectivity index (χ3v) is 7.60. The van der Waals surface area contributed by atoms with Crippen molar-refractivity contribution < 1.29 is 9.53 Å². The van der Waals surface area contributed by atoms with Crippen molar-refractivity contribution in [3.63, 3.8) is 0 Å². The molecular formula is C25H31N3O3S. The van der Waals surface area contributed by atoms with Crippen molar-refractivity contribution in [3.05, 3.63) is 56.4 Å². The first-order valence-corrected chi connectivity index (χ1v) is 12.0. The quantitative estimate of drug-likeness (QED) is 0.580. The van der Waals surface area contributed by atoms with Gasteiger partial charge in [0.05, 0.1) is 12.5 Å². The SMILES string of the molecule is COc1ccccc1CNC(=O)CCc1nc2sc3c(c2c(=O)[nH]1)CC[C@H](C(C)(C)C)C3. The Morgan fingerprint density at radius 1 is 1.31 bits per heavy atom. The van der Waals surface area contributed by atoms with Gasteiger partial charge in [-0.15, -0.1) is 11.3 Å². The number of hydrogen-bond donors (Lipinski definition) is 2. The van der Waals surface area contributed by atoms with Crippen LogP contribution in [0.5, 0.6) is 5.75 Å². The summed E-state index contributed by atoms with van der Waals surface area (Å²) < 4.78 is 5.32. The third kappa shape index (κ3) is 4.72. The first kappa shape index (κ1) is 22.5. The molecule has 0 saturated heterocycles. The number of H-pyrrole nitrogens is 1. The molecule has 0 spiro atoms. The van der Waals surface area contributed by atoms with E-state index < -0.39 is 0 Å². The average Bonchev–Trinajstić information content (AvgIpc) is 3.14. The number of fused-ring (bicyclic) bond motifs is 3. The molecule has 1 atom stereocenters. The van der Waals surface area contributed by atoms with Crippen molar-refractivity contribution >= 4 is 27.5 Å². The van der Waals surface area contributed by atoms with Crippen molar-refractivity contribution in [1.82, 2.24) is 15.3 Å². The summed E-state index contributed by atoms with van der Waals surface area (Å²) in [6.07, 6.45) is 3.72. The van der Waals surface area contributed by atoms with Gasteiger partial charge in [0.1, 0.15) is 16.4 Å². The van der Waals surface area contributed by atoms with E-state index in [1.165, 1.54) is 10.4 Å². The normalized spacial score (nSPS) is 16.1. The molecule has 0 fully saturated rings. The van der Waals surface area contributed by atoms with Crippen molar-refractivity contribution in [2.45, 2.75) is 59.4 Å². The number of amides is 1. The van der Waals surface area contributed by atoms with E-state index in [0.717, 1.165) is 40.8 Å². The molecular weight excluding hydrogens is 422 g/mol. The number of nitrogens with zero attached hydrogens (tertiary/aromatic N) is 1. The Kier molecular flexibility index (Phi) is 6.38. The van der Waals surface area contributed by atoms with Crippen LogP contribution in [-0.2, 0) is 30.6 Å². The van der Waals surface area contributed by atoms with Gasteiger partial charge in [0.2, 0.25) is 5.91 Å². The van der Waals surface area contributed by atoms with E-state index in [1.54, 1.807) is 18.4 Å². The van der Waals surface area contributed by atoms with Crippen LogP contribution in [0.15, 0.2) is 29.1 Å². The number of aromatic nitrogens is 2. The van der Waals surface area contributed by atoms with E-state index in [1.807, 2.05) is 24.3 Å². The van der Waals surface area contributed by atoms with Gasteiger partial charge in [0.25, 0.3) is 5.56 Å². The molecule has 1 aliphatic rings. The highest BCUT2D eigenvalue weighted by Gasteiger charge is 2.31. The summed E-state index contributed by atoms with van der Waals surface area (Å²) in [7, 11) is 1.62. The molecule has 0 bridgehead atoms. The molecule has 2 aromatic heterocycles. The molecule has 2 N–H and O–H groups in total. The Morgan fingerprint density at radius 3 is 2.84 bits per heavy atom. The third-order valence-electron chi connectivity index (χ3n) is 6.45. The lowest BCUT2D eigenvalue weighted by molar-refractivity contribution is -0.121. The van der Waals surface area contributed by atoms with Gasteiger partial charge in [0.15, 0.2) is 0 Å². The zero-order valence-electron chi connectivity index (χ0n) is 19.2. The number of nitrogens with one attached hydrogen (secondary N) is 2. The van der Waals surface area contributed by atoms with E-state index in [2.05, 4.69) is 31.1 Å². The Hall–Kier alpha value is -2.67. The summed E-state index contributed by atoms with van der Waals surface area (Å²) in [5, 5.41) is 3.67. The molecule has 0 radical (unpaired) electrons. The summed E-state index contributed by atoms with van der Waals surface area (Å²) in [6, 6.07) is 7.61. The molecule has 0 saturated carbocycles. The molecule has 0 unspecified atom stereocenters. The van der Waals surface area contributed by atoms with Crippen LogP contribution in [-0.4, -0.2) is 23.0 Å².